The van der Waals surface area contributed by atoms with E-state index in [2.05, 4.69) is 9.71 Å². The fourth-order valence-corrected chi connectivity index (χ4v) is 4.11. The van der Waals surface area contributed by atoms with Crippen molar-refractivity contribution in [2.45, 2.75) is 18.2 Å². The van der Waals surface area contributed by atoms with Crippen molar-refractivity contribution in [1.82, 2.24) is 14.3 Å². The first kappa shape index (κ1) is 19.6. The Labute approximate surface area is 164 Å². The molecule has 0 saturated heterocycles. The number of rotatable bonds is 8. The maximum absolute atomic E-state index is 12.4. The van der Waals surface area contributed by atoms with Gasteiger partial charge in [0.2, 0.25) is 10.0 Å². The number of nitrogens with zero attached hydrogens (tertiary/aromatic N) is 3. The average molecular weight is 396 g/mol. The molecule has 1 atom stereocenters. The second kappa shape index (κ2) is 8.25. The van der Waals surface area contributed by atoms with Gasteiger partial charge < -0.3 is 9.30 Å². The second-order valence-corrected chi connectivity index (χ2v) is 8.27. The monoisotopic (exact) mass is 396 g/mol. The number of benzene rings is 2. The van der Waals surface area contributed by atoms with Crippen LogP contribution in [-0.2, 0) is 15.8 Å². The third kappa shape index (κ3) is 5.19. The number of nitriles is 1. The predicted octanol–water partition coefficient (Wildman–Crippen LogP) is 2.65. The van der Waals surface area contributed by atoms with Gasteiger partial charge >= 0.3 is 0 Å². The Kier molecular flexibility index (Phi) is 5.78. The van der Waals surface area contributed by atoms with E-state index in [0.717, 1.165) is 5.69 Å². The summed E-state index contributed by atoms with van der Waals surface area (Å²) in [6.45, 7) is 1.37. The molecule has 1 N–H and O–H groups in total. The topological polar surface area (TPSA) is 97.0 Å². The molecule has 0 aliphatic rings. The molecule has 0 amide bonds. The number of ether oxygens (including phenoxy) is 1. The summed E-state index contributed by atoms with van der Waals surface area (Å²) >= 11 is 0. The van der Waals surface area contributed by atoms with Gasteiger partial charge in [0.25, 0.3) is 0 Å². The lowest BCUT2D eigenvalue weighted by Gasteiger charge is -2.23. The van der Waals surface area contributed by atoms with Gasteiger partial charge in [-0.15, -0.1) is 0 Å². The summed E-state index contributed by atoms with van der Waals surface area (Å²) in [7, 11) is -3.71. The minimum Gasteiger partial charge on any atom is -0.491 e. The molecule has 0 radical (unpaired) electrons. The Bertz CT molecular complexity index is 1040. The zero-order chi connectivity index (χ0) is 20.0. The largest absolute Gasteiger partial charge is 0.491 e. The van der Waals surface area contributed by atoms with Crippen LogP contribution in [0.4, 0.5) is 0 Å². The first-order chi connectivity index (χ1) is 13.4. The average Bonchev–Trinajstić information content (AvgIpc) is 3.22. The van der Waals surface area contributed by atoms with Gasteiger partial charge in [-0.1, -0.05) is 30.3 Å². The van der Waals surface area contributed by atoms with Crippen LogP contribution >= 0.6 is 0 Å². The number of imidazole rings is 1. The Morgan fingerprint density at radius 1 is 1.18 bits per heavy atom. The van der Waals surface area contributed by atoms with E-state index in [-0.39, 0.29) is 12.4 Å². The lowest BCUT2D eigenvalue weighted by molar-refractivity contribution is 0.252. The molecule has 0 fully saturated rings. The van der Waals surface area contributed by atoms with Crippen LogP contribution in [0.3, 0.4) is 0 Å². The molecule has 0 saturated carbocycles. The van der Waals surface area contributed by atoms with Gasteiger partial charge in [-0.2, -0.15) is 9.98 Å². The van der Waals surface area contributed by atoms with Gasteiger partial charge in [0.05, 0.1) is 18.1 Å². The Morgan fingerprint density at radius 3 is 2.50 bits per heavy atom. The van der Waals surface area contributed by atoms with E-state index < -0.39 is 15.6 Å². The molecule has 0 bridgehead atoms. The molecule has 144 valence electrons. The smallest absolute Gasteiger partial charge is 0.217 e. The van der Waals surface area contributed by atoms with Gasteiger partial charge in [0.15, 0.2) is 5.54 Å². The van der Waals surface area contributed by atoms with Crippen molar-refractivity contribution < 1.29 is 13.2 Å². The summed E-state index contributed by atoms with van der Waals surface area (Å²) in [6.07, 6.45) is 5.19. The number of sulfonamides is 1. The van der Waals surface area contributed by atoms with E-state index in [4.69, 9.17) is 4.74 Å². The highest BCUT2D eigenvalue weighted by molar-refractivity contribution is 7.88. The van der Waals surface area contributed by atoms with E-state index in [9.17, 15) is 13.7 Å². The fourth-order valence-electron chi connectivity index (χ4n) is 2.61. The quantitative estimate of drug-likeness (QED) is 0.631. The van der Waals surface area contributed by atoms with E-state index in [1.54, 1.807) is 48.9 Å². The van der Waals surface area contributed by atoms with Gasteiger partial charge in [-0.3, -0.25) is 0 Å². The molecule has 1 heterocycles. The number of hydrogen-bond acceptors (Lipinski definition) is 5. The van der Waals surface area contributed by atoms with E-state index >= 15 is 0 Å². The molecule has 8 heteroatoms. The SMILES string of the molecule is CC(C#N)(COc1ccc(-n2ccnc2)cc1)NS(=O)(=O)Cc1ccccc1. The van der Waals surface area contributed by atoms with Gasteiger partial charge in [0.1, 0.15) is 12.4 Å². The minimum atomic E-state index is -3.71. The van der Waals surface area contributed by atoms with E-state index in [1.165, 1.54) is 6.92 Å². The van der Waals surface area contributed by atoms with Crippen LogP contribution in [0.5, 0.6) is 5.75 Å². The van der Waals surface area contributed by atoms with Crippen molar-refractivity contribution in [2.75, 3.05) is 6.61 Å². The van der Waals surface area contributed by atoms with Gasteiger partial charge in [-0.25, -0.2) is 13.4 Å². The summed E-state index contributed by atoms with van der Waals surface area (Å²) < 4.78 is 34.8. The Hall–Kier alpha value is -3.15. The molecule has 3 rings (SSSR count). The molecule has 28 heavy (non-hydrogen) atoms. The third-order valence-electron chi connectivity index (χ3n) is 3.99. The summed E-state index contributed by atoms with van der Waals surface area (Å²) in [5, 5.41) is 9.49. The van der Waals surface area contributed by atoms with Gasteiger partial charge in [-0.05, 0) is 36.8 Å². The number of hydrogen-bond donors (Lipinski definition) is 1. The molecule has 0 aliphatic heterocycles. The molecule has 0 spiro atoms. The van der Waals surface area contributed by atoms with Crippen molar-refractivity contribution in [3.8, 4) is 17.5 Å². The first-order valence-corrected chi connectivity index (χ1v) is 10.2. The lowest BCUT2D eigenvalue weighted by Crippen LogP contribution is -2.49. The third-order valence-corrected chi connectivity index (χ3v) is 5.47. The van der Waals surface area contributed by atoms with Crippen LogP contribution in [0.15, 0.2) is 73.3 Å². The summed E-state index contributed by atoms with van der Waals surface area (Å²) in [4.78, 5) is 4.00. The maximum atomic E-state index is 12.4. The van der Waals surface area contributed by atoms with Crippen molar-refractivity contribution in [3.05, 3.63) is 78.9 Å². The van der Waals surface area contributed by atoms with Crippen molar-refractivity contribution >= 4 is 10.0 Å². The van der Waals surface area contributed by atoms with E-state index in [0.29, 0.717) is 11.3 Å². The Morgan fingerprint density at radius 2 is 1.89 bits per heavy atom. The molecular weight excluding hydrogens is 376 g/mol. The second-order valence-electron chi connectivity index (χ2n) is 6.54. The van der Waals surface area contributed by atoms with Crippen LogP contribution < -0.4 is 9.46 Å². The summed E-state index contributed by atoms with van der Waals surface area (Å²) in [5.74, 6) is 0.331. The predicted molar refractivity (Wildman–Crippen MR) is 105 cm³/mol. The highest BCUT2D eigenvalue weighted by Crippen LogP contribution is 2.17. The van der Waals surface area contributed by atoms with Crippen LogP contribution in [0.25, 0.3) is 5.69 Å². The molecule has 1 aromatic heterocycles. The summed E-state index contributed by atoms with van der Waals surface area (Å²) in [6, 6.07) is 18.0. The highest BCUT2D eigenvalue weighted by Gasteiger charge is 2.31. The Balaban J connectivity index is 1.63. The standard InChI is InChI=1S/C20H20N4O3S/c1-20(14-21,23-28(25,26)13-17-5-3-2-4-6-17)15-27-19-9-7-18(8-10-19)24-12-11-22-16-24/h2-12,16,23H,13,15H2,1H3. The van der Waals surface area contributed by atoms with Crippen LogP contribution in [-0.4, -0.2) is 30.1 Å². The molecule has 7 nitrogen and oxygen atoms in total. The maximum Gasteiger partial charge on any atom is 0.217 e. The molecule has 1 unspecified atom stereocenters. The molecular formula is C20H20N4O3S. The molecule has 3 aromatic rings. The zero-order valence-corrected chi connectivity index (χ0v) is 16.1. The van der Waals surface area contributed by atoms with Crippen LogP contribution in [0.1, 0.15) is 12.5 Å². The number of aromatic nitrogens is 2. The fraction of sp³-hybridized carbons (Fsp3) is 0.200. The zero-order valence-electron chi connectivity index (χ0n) is 15.3. The first-order valence-electron chi connectivity index (χ1n) is 8.57. The normalized spacial score (nSPS) is 13.4. The van der Waals surface area contributed by atoms with Crippen molar-refractivity contribution in [1.29, 1.82) is 5.26 Å². The molecule has 0 aliphatic carbocycles. The van der Waals surface area contributed by atoms with Crippen LogP contribution in [0, 0.1) is 11.3 Å². The molecule has 2 aromatic carbocycles. The van der Waals surface area contributed by atoms with Crippen molar-refractivity contribution in [2.24, 2.45) is 0 Å². The number of nitrogens with one attached hydrogen (secondary N) is 1. The summed E-state index contributed by atoms with van der Waals surface area (Å²) in [5.41, 5.74) is 0.166. The lowest BCUT2D eigenvalue weighted by atomic mass is 10.1. The minimum absolute atomic E-state index is 0.123. The highest BCUT2D eigenvalue weighted by atomic mass is 32.2. The van der Waals surface area contributed by atoms with Crippen molar-refractivity contribution in [3.63, 3.8) is 0 Å². The van der Waals surface area contributed by atoms with Crippen LogP contribution in [0.2, 0.25) is 0 Å². The van der Waals surface area contributed by atoms with E-state index in [1.807, 2.05) is 35.0 Å². The van der Waals surface area contributed by atoms with Gasteiger partial charge in [0, 0.05) is 18.1 Å².